The minimum absolute atomic E-state index is 0.121. The average Bonchev–Trinajstić information content (AvgIpc) is 2.45. The van der Waals surface area contributed by atoms with Crippen molar-refractivity contribution >= 4 is 15.9 Å². The topological polar surface area (TPSA) is 37.8 Å². The lowest BCUT2D eigenvalue weighted by molar-refractivity contribution is 0.593. The van der Waals surface area contributed by atoms with Crippen LogP contribution in [0.4, 0.5) is 0 Å². The van der Waals surface area contributed by atoms with E-state index in [-0.39, 0.29) is 6.04 Å². The first-order valence-corrected chi connectivity index (χ1v) is 7.26. The van der Waals surface area contributed by atoms with Gasteiger partial charge < -0.3 is 5.32 Å². The van der Waals surface area contributed by atoms with E-state index >= 15 is 0 Å². The predicted octanol–water partition coefficient (Wildman–Crippen LogP) is 3.64. The number of aryl methyl sites for hydroxylation is 1. The van der Waals surface area contributed by atoms with Gasteiger partial charge in [-0.1, -0.05) is 41.1 Å². The Kier molecular flexibility index (Phi) is 5.05. The van der Waals surface area contributed by atoms with Gasteiger partial charge in [-0.15, -0.1) is 0 Å². The maximum Gasteiger partial charge on any atom is 0.115 e. The molecule has 0 aliphatic rings. The van der Waals surface area contributed by atoms with Gasteiger partial charge >= 0.3 is 0 Å². The molecule has 1 unspecified atom stereocenters. The predicted molar refractivity (Wildman–Crippen MR) is 81.0 cm³/mol. The monoisotopic (exact) mass is 319 g/mol. The van der Waals surface area contributed by atoms with Crippen LogP contribution in [0.2, 0.25) is 0 Å². The van der Waals surface area contributed by atoms with Crippen molar-refractivity contribution in [1.82, 2.24) is 15.3 Å². The summed E-state index contributed by atoms with van der Waals surface area (Å²) in [5, 5.41) is 3.56. The van der Waals surface area contributed by atoms with Gasteiger partial charge in [-0.05, 0) is 31.0 Å². The van der Waals surface area contributed by atoms with Gasteiger partial charge in [0.1, 0.15) is 6.33 Å². The zero-order valence-electron chi connectivity index (χ0n) is 11.2. The second-order valence-corrected chi connectivity index (χ2v) is 5.33. The van der Waals surface area contributed by atoms with Gasteiger partial charge in [-0.2, -0.15) is 0 Å². The van der Waals surface area contributed by atoms with Crippen molar-refractivity contribution in [1.29, 1.82) is 0 Å². The van der Waals surface area contributed by atoms with Crippen LogP contribution in [0.25, 0.3) is 0 Å². The van der Waals surface area contributed by atoms with Crippen LogP contribution in [0.3, 0.4) is 0 Å². The molecule has 1 heterocycles. The molecule has 2 rings (SSSR count). The Balaban J connectivity index is 2.40. The molecular weight excluding hydrogens is 302 g/mol. The molecule has 0 aliphatic heterocycles. The molecule has 1 N–H and O–H groups in total. The summed E-state index contributed by atoms with van der Waals surface area (Å²) in [5.74, 6) is 0. The summed E-state index contributed by atoms with van der Waals surface area (Å²) in [7, 11) is 0. The zero-order valence-corrected chi connectivity index (χ0v) is 12.8. The summed E-state index contributed by atoms with van der Waals surface area (Å²) in [6.45, 7) is 5.22. The summed E-state index contributed by atoms with van der Waals surface area (Å²) in [5.41, 5.74) is 3.54. The fourth-order valence-electron chi connectivity index (χ4n) is 2.05. The van der Waals surface area contributed by atoms with E-state index in [9.17, 15) is 0 Å². The molecule has 1 aromatic heterocycles. The molecule has 0 saturated heterocycles. The minimum Gasteiger partial charge on any atom is -0.306 e. The largest absolute Gasteiger partial charge is 0.306 e. The molecule has 1 aromatic carbocycles. The molecule has 0 saturated carbocycles. The second-order valence-electron chi connectivity index (χ2n) is 4.54. The molecular formula is C15H18BrN3. The molecule has 100 valence electrons. The highest BCUT2D eigenvalue weighted by Gasteiger charge is 2.17. The standard InChI is InChI=1S/C15H18BrN3/c1-3-7-19-15(12-8-17-10-18-9-12)13-6-4-5-11(2)14(13)16/h4-6,8-10,15,19H,3,7H2,1-2H3. The number of hydrogen-bond donors (Lipinski definition) is 1. The van der Waals surface area contributed by atoms with Gasteiger partial charge in [-0.25, -0.2) is 9.97 Å². The highest BCUT2D eigenvalue weighted by atomic mass is 79.9. The van der Waals surface area contributed by atoms with Gasteiger partial charge in [-0.3, -0.25) is 0 Å². The van der Waals surface area contributed by atoms with Crippen molar-refractivity contribution in [3.05, 3.63) is 58.1 Å². The fraction of sp³-hybridized carbons (Fsp3) is 0.333. The Morgan fingerprint density at radius 1 is 1.26 bits per heavy atom. The van der Waals surface area contributed by atoms with Crippen LogP contribution in [0.1, 0.15) is 36.1 Å². The molecule has 2 aromatic rings. The summed E-state index contributed by atoms with van der Waals surface area (Å²) in [6.07, 6.45) is 6.39. The third-order valence-corrected chi connectivity index (χ3v) is 4.13. The van der Waals surface area contributed by atoms with Gasteiger partial charge in [0.05, 0.1) is 6.04 Å². The molecule has 0 radical (unpaired) electrons. The van der Waals surface area contributed by atoms with Crippen LogP contribution >= 0.6 is 15.9 Å². The van der Waals surface area contributed by atoms with Gasteiger partial charge in [0.2, 0.25) is 0 Å². The number of hydrogen-bond acceptors (Lipinski definition) is 3. The summed E-state index contributed by atoms with van der Waals surface area (Å²) < 4.78 is 1.15. The summed E-state index contributed by atoms with van der Waals surface area (Å²) >= 11 is 3.69. The molecule has 0 spiro atoms. The van der Waals surface area contributed by atoms with Crippen molar-refractivity contribution in [2.75, 3.05) is 6.54 Å². The average molecular weight is 320 g/mol. The van der Waals surface area contributed by atoms with Crippen LogP contribution in [0.15, 0.2) is 41.4 Å². The number of halogens is 1. The van der Waals surface area contributed by atoms with Gasteiger partial charge in [0.25, 0.3) is 0 Å². The molecule has 0 aliphatic carbocycles. The third kappa shape index (κ3) is 3.39. The highest BCUT2D eigenvalue weighted by molar-refractivity contribution is 9.10. The minimum atomic E-state index is 0.121. The van der Waals surface area contributed by atoms with Crippen molar-refractivity contribution in [3.63, 3.8) is 0 Å². The lowest BCUT2D eigenvalue weighted by atomic mass is 9.99. The van der Waals surface area contributed by atoms with E-state index in [4.69, 9.17) is 0 Å². The fourth-order valence-corrected chi connectivity index (χ4v) is 2.54. The maximum absolute atomic E-state index is 4.12. The van der Waals surface area contributed by atoms with E-state index in [0.29, 0.717) is 0 Å². The number of aromatic nitrogens is 2. The van der Waals surface area contributed by atoms with Crippen LogP contribution in [-0.2, 0) is 0 Å². The molecule has 0 bridgehead atoms. The first kappa shape index (κ1) is 14.2. The highest BCUT2D eigenvalue weighted by Crippen LogP contribution is 2.30. The van der Waals surface area contributed by atoms with E-state index in [2.05, 4.69) is 63.3 Å². The number of benzene rings is 1. The van der Waals surface area contributed by atoms with Crippen LogP contribution < -0.4 is 5.32 Å². The Morgan fingerprint density at radius 2 is 2.00 bits per heavy atom. The smallest absolute Gasteiger partial charge is 0.115 e. The van der Waals surface area contributed by atoms with Gasteiger partial charge in [0.15, 0.2) is 0 Å². The first-order chi connectivity index (χ1) is 9.24. The Labute approximate surface area is 122 Å². The van der Waals surface area contributed by atoms with E-state index < -0.39 is 0 Å². The molecule has 1 atom stereocenters. The lowest BCUT2D eigenvalue weighted by Crippen LogP contribution is -2.24. The van der Waals surface area contributed by atoms with Crippen molar-refractivity contribution in [3.8, 4) is 0 Å². The molecule has 0 fully saturated rings. The van der Waals surface area contributed by atoms with Crippen molar-refractivity contribution < 1.29 is 0 Å². The van der Waals surface area contributed by atoms with E-state index in [1.54, 1.807) is 6.33 Å². The Hall–Kier alpha value is -1.26. The van der Waals surface area contributed by atoms with E-state index in [0.717, 1.165) is 23.0 Å². The second kappa shape index (κ2) is 6.78. The molecule has 3 nitrogen and oxygen atoms in total. The maximum atomic E-state index is 4.12. The van der Waals surface area contributed by atoms with Crippen LogP contribution in [0, 0.1) is 6.92 Å². The normalized spacial score (nSPS) is 12.4. The van der Waals surface area contributed by atoms with E-state index in [1.165, 1.54) is 11.1 Å². The molecule has 19 heavy (non-hydrogen) atoms. The Morgan fingerprint density at radius 3 is 2.68 bits per heavy atom. The van der Waals surface area contributed by atoms with E-state index in [1.807, 2.05) is 12.4 Å². The summed E-state index contributed by atoms with van der Waals surface area (Å²) in [4.78, 5) is 8.25. The van der Waals surface area contributed by atoms with Crippen molar-refractivity contribution in [2.24, 2.45) is 0 Å². The van der Waals surface area contributed by atoms with Crippen LogP contribution in [-0.4, -0.2) is 16.5 Å². The zero-order chi connectivity index (χ0) is 13.7. The molecule has 0 amide bonds. The number of nitrogens with zero attached hydrogens (tertiary/aromatic N) is 2. The lowest BCUT2D eigenvalue weighted by Gasteiger charge is -2.21. The van der Waals surface area contributed by atoms with Gasteiger partial charge in [0, 0.05) is 22.4 Å². The first-order valence-electron chi connectivity index (χ1n) is 6.47. The molecule has 4 heteroatoms. The van der Waals surface area contributed by atoms with Crippen LogP contribution in [0.5, 0.6) is 0 Å². The van der Waals surface area contributed by atoms with Crippen molar-refractivity contribution in [2.45, 2.75) is 26.3 Å². The third-order valence-electron chi connectivity index (χ3n) is 3.05. The summed E-state index contributed by atoms with van der Waals surface area (Å²) in [6, 6.07) is 6.44. The Bertz CT molecular complexity index is 528. The SMILES string of the molecule is CCCNC(c1cncnc1)c1cccc(C)c1Br. The number of nitrogens with one attached hydrogen (secondary N) is 1. The number of rotatable bonds is 5. The quantitative estimate of drug-likeness (QED) is 0.914.